The van der Waals surface area contributed by atoms with Crippen LogP contribution in [-0.4, -0.2) is 30.1 Å². The third-order valence-corrected chi connectivity index (χ3v) is 3.15. The van der Waals surface area contributed by atoms with Gasteiger partial charge in [0, 0.05) is 12.1 Å². The van der Waals surface area contributed by atoms with E-state index >= 15 is 0 Å². The second-order valence-corrected chi connectivity index (χ2v) is 4.78. The largest absolute Gasteiger partial charge is 0.328 e. The maximum atomic E-state index is 5.80. The molecule has 0 spiro atoms. The Morgan fingerprint density at radius 1 is 1.31 bits per heavy atom. The van der Waals surface area contributed by atoms with Gasteiger partial charge in [0.2, 0.25) is 0 Å². The molecule has 0 saturated carbocycles. The van der Waals surface area contributed by atoms with Gasteiger partial charge in [-0.15, -0.1) is 0 Å². The van der Waals surface area contributed by atoms with Gasteiger partial charge in [0.25, 0.3) is 0 Å². The van der Waals surface area contributed by atoms with E-state index in [1.54, 1.807) is 0 Å². The summed E-state index contributed by atoms with van der Waals surface area (Å²) >= 11 is 0. The van der Waals surface area contributed by atoms with Gasteiger partial charge >= 0.3 is 0 Å². The van der Waals surface area contributed by atoms with Gasteiger partial charge in [-0.3, -0.25) is 0 Å². The number of piperidine rings is 1. The Labute approximate surface area is 82.5 Å². The third-order valence-electron chi connectivity index (χ3n) is 3.15. The SMILES string of the molecule is CC(N)CC(C)N1CCC(C)CC1. The molecule has 1 aliphatic heterocycles. The zero-order chi connectivity index (χ0) is 9.84. The van der Waals surface area contributed by atoms with Gasteiger partial charge in [0.15, 0.2) is 0 Å². The number of hydrogen-bond donors (Lipinski definition) is 1. The van der Waals surface area contributed by atoms with Crippen LogP contribution in [-0.2, 0) is 0 Å². The Morgan fingerprint density at radius 2 is 1.85 bits per heavy atom. The highest BCUT2D eigenvalue weighted by Crippen LogP contribution is 2.19. The number of nitrogens with two attached hydrogens (primary N) is 1. The molecular formula is C11H24N2. The van der Waals surface area contributed by atoms with Gasteiger partial charge in [0.1, 0.15) is 0 Å². The highest BCUT2D eigenvalue weighted by atomic mass is 15.2. The second kappa shape index (κ2) is 4.97. The molecule has 0 aromatic rings. The summed E-state index contributed by atoms with van der Waals surface area (Å²) in [5, 5.41) is 0. The standard InChI is InChI=1S/C11H24N2/c1-9-4-6-13(7-5-9)11(3)8-10(2)12/h9-11H,4-8,12H2,1-3H3. The maximum absolute atomic E-state index is 5.80. The summed E-state index contributed by atoms with van der Waals surface area (Å²) in [6.07, 6.45) is 3.86. The van der Waals surface area contributed by atoms with E-state index in [-0.39, 0.29) is 0 Å². The zero-order valence-electron chi connectivity index (χ0n) is 9.29. The molecule has 2 heteroatoms. The molecule has 78 valence electrons. The van der Waals surface area contributed by atoms with Crippen LogP contribution in [0.5, 0.6) is 0 Å². The van der Waals surface area contributed by atoms with Crippen molar-refractivity contribution in [3.8, 4) is 0 Å². The molecule has 1 rings (SSSR count). The summed E-state index contributed by atoms with van der Waals surface area (Å²) < 4.78 is 0. The molecule has 0 amide bonds. The minimum Gasteiger partial charge on any atom is -0.328 e. The molecule has 2 atom stereocenters. The van der Waals surface area contributed by atoms with E-state index in [0.717, 1.165) is 12.3 Å². The predicted octanol–water partition coefficient (Wildman–Crippen LogP) is 1.84. The average Bonchev–Trinajstić information content (AvgIpc) is 2.04. The van der Waals surface area contributed by atoms with Crippen LogP contribution in [0.1, 0.15) is 40.0 Å². The monoisotopic (exact) mass is 184 g/mol. The van der Waals surface area contributed by atoms with Gasteiger partial charge < -0.3 is 10.6 Å². The van der Waals surface area contributed by atoms with Crippen molar-refractivity contribution in [3.05, 3.63) is 0 Å². The topological polar surface area (TPSA) is 29.3 Å². The zero-order valence-corrected chi connectivity index (χ0v) is 9.29. The Hall–Kier alpha value is -0.0800. The molecule has 2 nitrogen and oxygen atoms in total. The van der Waals surface area contributed by atoms with Crippen molar-refractivity contribution in [2.45, 2.75) is 52.1 Å². The molecule has 0 bridgehead atoms. The predicted molar refractivity (Wildman–Crippen MR) is 57.7 cm³/mol. The van der Waals surface area contributed by atoms with Crippen LogP contribution >= 0.6 is 0 Å². The highest BCUT2D eigenvalue weighted by Gasteiger charge is 2.20. The summed E-state index contributed by atoms with van der Waals surface area (Å²) in [6, 6.07) is 1.02. The molecule has 2 N–H and O–H groups in total. The van der Waals surface area contributed by atoms with Gasteiger partial charge in [-0.2, -0.15) is 0 Å². The van der Waals surface area contributed by atoms with Crippen molar-refractivity contribution in [1.82, 2.24) is 4.90 Å². The Morgan fingerprint density at radius 3 is 2.31 bits per heavy atom. The van der Waals surface area contributed by atoms with Crippen molar-refractivity contribution in [2.24, 2.45) is 11.7 Å². The molecule has 1 aliphatic rings. The van der Waals surface area contributed by atoms with E-state index in [4.69, 9.17) is 5.73 Å². The molecule has 1 fully saturated rings. The number of rotatable bonds is 3. The molecular weight excluding hydrogens is 160 g/mol. The highest BCUT2D eigenvalue weighted by molar-refractivity contribution is 4.76. The van der Waals surface area contributed by atoms with Crippen LogP contribution in [0.4, 0.5) is 0 Å². The van der Waals surface area contributed by atoms with Crippen LogP contribution in [0.25, 0.3) is 0 Å². The summed E-state index contributed by atoms with van der Waals surface area (Å²) in [4.78, 5) is 2.59. The van der Waals surface area contributed by atoms with Crippen LogP contribution < -0.4 is 5.73 Å². The Kier molecular flexibility index (Phi) is 4.20. The molecule has 2 unspecified atom stereocenters. The Bertz CT molecular complexity index is 137. The number of nitrogens with zero attached hydrogens (tertiary/aromatic N) is 1. The van der Waals surface area contributed by atoms with Crippen molar-refractivity contribution in [1.29, 1.82) is 0 Å². The van der Waals surface area contributed by atoms with Crippen LogP contribution in [0.3, 0.4) is 0 Å². The van der Waals surface area contributed by atoms with E-state index < -0.39 is 0 Å². The molecule has 0 radical (unpaired) electrons. The van der Waals surface area contributed by atoms with Crippen molar-refractivity contribution in [2.75, 3.05) is 13.1 Å². The van der Waals surface area contributed by atoms with E-state index in [1.807, 2.05) is 0 Å². The first-order valence-electron chi connectivity index (χ1n) is 5.59. The van der Waals surface area contributed by atoms with Crippen LogP contribution in [0.2, 0.25) is 0 Å². The molecule has 1 heterocycles. The third kappa shape index (κ3) is 3.65. The number of hydrogen-bond acceptors (Lipinski definition) is 2. The van der Waals surface area contributed by atoms with Crippen LogP contribution in [0, 0.1) is 5.92 Å². The first-order valence-corrected chi connectivity index (χ1v) is 5.59. The Balaban J connectivity index is 2.27. The van der Waals surface area contributed by atoms with E-state index in [0.29, 0.717) is 12.1 Å². The first kappa shape index (κ1) is 11.0. The summed E-state index contributed by atoms with van der Waals surface area (Å²) in [7, 11) is 0. The lowest BCUT2D eigenvalue weighted by Crippen LogP contribution is -2.41. The quantitative estimate of drug-likeness (QED) is 0.725. The molecule has 0 aromatic heterocycles. The fraction of sp³-hybridized carbons (Fsp3) is 1.00. The smallest absolute Gasteiger partial charge is 0.00815 e. The lowest BCUT2D eigenvalue weighted by molar-refractivity contribution is 0.137. The lowest BCUT2D eigenvalue weighted by Gasteiger charge is -2.35. The normalized spacial score (nSPS) is 25.8. The van der Waals surface area contributed by atoms with Crippen molar-refractivity contribution < 1.29 is 0 Å². The van der Waals surface area contributed by atoms with Gasteiger partial charge in [-0.1, -0.05) is 6.92 Å². The lowest BCUT2D eigenvalue weighted by atomic mass is 9.97. The summed E-state index contributed by atoms with van der Waals surface area (Å²) in [6.45, 7) is 9.31. The molecule has 0 aromatic carbocycles. The summed E-state index contributed by atoms with van der Waals surface area (Å²) in [5.41, 5.74) is 5.80. The average molecular weight is 184 g/mol. The molecule has 0 aliphatic carbocycles. The minimum absolute atomic E-state index is 0.342. The van der Waals surface area contributed by atoms with Crippen molar-refractivity contribution >= 4 is 0 Å². The molecule has 1 saturated heterocycles. The fourth-order valence-corrected chi connectivity index (χ4v) is 2.16. The van der Waals surface area contributed by atoms with Gasteiger partial charge in [0.05, 0.1) is 0 Å². The van der Waals surface area contributed by atoms with Gasteiger partial charge in [-0.25, -0.2) is 0 Å². The van der Waals surface area contributed by atoms with E-state index in [9.17, 15) is 0 Å². The van der Waals surface area contributed by atoms with Gasteiger partial charge in [-0.05, 0) is 52.1 Å². The second-order valence-electron chi connectivity index (χ2n) is 4.78. The first-order chi connectivity index (χ1) is 6.09. The minimum atomic E-state index is 0.342. The van der Waals surface area contributed by atoms with E-state index in [1.165, 1.54) is 25.9 Å². The van der Waals surface area contributed by atoms with Crippen molar-refractivity contribution in [3.63, 3.8) is 0 Å². The van der Waals surface area contributed by atoms with E-state index in [2.05, 4.69) is 25.7 Å². The molecule has 13 heavy (non-hydrogen) atoms. The maximum Gasteiger partial charge on any atom is 0.00815 e. The fourth-order valence-electron chi connectivity index (χ4n) is 2.16. The number of likely N-dealkylation sites (tertiary alicyclic amines) is 1. The van der Waals surface area contributed by atoms with Crippen LogP contribution in [0.15, 0.2) is 0 Å². The summed E-state index contributed by atoms with van der Waals surface area (Å²) in [5.74, 6) is 0.929.